The van der Waals surface area contributed by atoms with Crippen LogP contribution < -0.4 is 11.5 Å². The fourth-order valence-corrected chi connectivity index (χ4v) is 5.07. The number of carbonyl (C=O) groups excluding carboxylic acids is 1. The van der Waals surface area contributed by atoms with Gasteiger partial charge in [0.15, 0.2) is 0 Å². The molecule has 0 radical (unpaired) electrons. The molecule has 90 valence electrons. The number of carbonyl (C=O) groups is 1. The van der Waals surface area contributed by atoms with E-state index in [-0.39, 0.29) is 5.91 Å². The van der Waals surface area contributed by atoms with Crippen molar-refractivity contribution in [3.05, 3.63) is 0 Å². The molecule has 4 aliphatic rings. The van der Waals surface area contributed by atoms with Gasteiger partial charge in [0.05, 0.1) is 5.54 Å². The van der Waals surface area contributed by atoms with Crippen LogP contribution in [0.4, 0.5) is 0 Å². The van der Waals surface area contributed by atoms with Gasteiger partial charge in [-0.25, -0.2) is 0 Å². The van der Waals surface area contributed by atoms with Crippen LogP contribution in [0.2, 0.25) is 0 Å². The summed E-state index contributed by atoms with van der Waals surface area (Å²) in [5, 5.41) is 0. The van der Waals surface area contributed by atoms with Crippen LogP contribution in [-0.4, -0.2) is 11.4 Å². The second-order valence-electron chi connectivity index (χ2n) is 6.60. The van der Waals surface area contributed by atoms with Crippen LogP contribution in [0.5, 0.6) is 0 Å². The molecule has 4 aliphatic carbocycles. The normalized spacial score (nSPS) is 49.0. The van der Waals surface area contributed by atoms with Gasteiger partial charge in [0.1, 0.15) is 0 Å². The lowest BCUT2D eigenvalue weighted by Crippen LogP contribution is -2.63. The van der Waals surface area contributed by atoms with Crippen molar-refractivity contribution >= 4 is 5.91 Å². The highest BCUT2D eigenvalue weighted by Gasteiger charge is 2.54. The SMILES string of the molecule is CC(N)(C(N)=O)C1C2CC3CC(C2)CC1C3. The van der Waals surface area contributed by atoms with Crippen molar-refractivity contribution < 1.29 is 4.79 Å². The summed E-state index contributed by atoms with van der Waals surface area (Å²) in [5.74, 6) is 3.20. The Balaban J connectivity index is 1.89. The first-order valence-corrected chi connectivity index (χ1v) is 6.57. The third-order valence-electron chi connectivity index (χ3n) is 5.45. The molecule has 0 aliphatic heterocycles. The Labute approximate surface area is 96.9 Å². The molecule has 4 fully saturated rings. The highest BCUT2D eigenvalue weighted by molar-refractivity contribution is 5.84. The Morgan fingerprint density at radius 3 is 1.88 bits per heavy atom. The molecule has 0 aromatic carbocycles. The molecule has 3 heteroatoms. The van der Waals surface area contributed by atoms with Gasteiger partial charge in [-0.3, -0.25) is 4.79 Å². The van der Waals surface area contributed by atoms with E-state index in [2.05, 4.69) is 0 Å². The minimum Gasteiger partial charge on any atom is -0.368 e. The smallest absolute Gasteiger partial charge is 0.237 e. The van der Waals surface area contributed by atoms with Gasteiger partial charge in [-0.15, -0.1) is 0 Å². The van der Waals surface area contributed by atoms with Crippen molar-refractivity contribution in [2.45, 2.75) is 44.6 Å². The first-order valence-electron chi connectivity index (χ1n) is 6.57. The summed E-state index contributed by atoms with van der Waals surface area (Å²) in [6, 6.07) is 0. The van der Waals surface area contributed by atoms with Gasteiger partial charge in [-0.05, 0) is 68.6 Å². The van der Waals surface area contributed by atoms with Crippen LogP contribution in [-0.2, 0) is 4.79 Å². The molecule has 1 amide bonds. The number of hydrogen-bond acceptors (Lipinski definition) is 2. The molecule has 0 aromatic rings. The van der Waals surface area contributed by atoms with Crippen molar-refractivity contribution in [2.24, 2.45) is 41.1 Å². The molecule has 1 atom stereocenters. The maximum Gasteiger partial charge on any atom is 0.237 e. The van der Waals surface area contributed by atoms with Gasteiger partial charge in [0, 0.05) is 0 Å². The molecule has 3 nitrogen and oxygen atoms in total. The molecule has 16 heavy (non-hydrogen) atoms. The Hall–Kier alpha value is -0.570. The predicted octanol–water partition coefficient (Wildman–Crippen LogP) is 1.26. The standard InChI is InChI=1S/C13H22N2O/c1-13(15,12(14)16)11-9-3-7-2-8(5-9)6-10(11)4-7/h7-11H,2-6,15H2,1H3,(H2,14,16). The van der Waals surface area contributed by atoms with E-state index in [9.17, 15) is 4.79 Å². The molecular formula is C13H22N2O. The maximum absolute atomic E-state index is 11.5. The number of primary amides is 1. The molecule has 0 heterocycles. The first-order chi connectivity index (χ1) is 7.48. The lowest BCUT2D eigenvalue weighted by molar-refractivity contribution is -0.133. The topological polar surface area (TPSA) is 69.1 Å². The van der Waals surface area contributed by atoms with Crippen molar-refractivity contribution in [1.82, 2.24) is 0 Å². The zero-order valence-electron chi connectivity index (χ0n) is 9.99. The molecule has 0 aromatic heterocycles. The Bertz CT molecular complexity index is 296. The lowest BCUT2D eigenvalue weighted by atomic mass is 9.48. The third-order valence-corrected chi connectivity index (χ3v) is 5.45. The Morgan fingerprint density at radius 2 is 1.50 bits per heavy atom. The average molecular weight is 222 g/mol. The van der Waals surface area contributed by atoms with Crippen molar-refractivity contribution in [3.8, 4) is 0 Å². The Morgan fingerprint density at radius 1 is 1.06 bits per heavy atom. The molecule has 0 saturated heterocycles. The highest BCUT2D eigenvalue weighted by Crippen LogP contribution is 2.58. The molecular weight excluding hydrogens is 200 g/mol. The largest absolute Gasteiger partial charge is 0.368 e. The van der Waals surface area contributed by atoms with Gasteiger partial charge in [-0.1, -0.05) is 0 Å². The van der Waals surface area contributed by atoms with Gasteiger partial charge in [-0.2, -0.15) is 0 Å². The van der Waals surface area contributed by atoms with Crippen LogP contribution >= 0.6 is 0 Å². The second kappa shape index (κ2) is 3.22. The van der Waals surface area contributed by atoms with Crippen LogP contribution in [0.1, 0.15) is 39.0 Å². The van der Waals surface area contributed by atoms with Gasteiger partial charge < -0.3 is 11.5 Å². The minimum atomic E-state index is -0.789. The van der Waals surface area contributed by atoms with E-state index >= 15 is 0 Å². The van der Waals surface area contributed by atoms with E-state index in [1.54, 1.807) is 0 Å². The highest BCUT2D eigenvalue weighted by atomic mass is 16.1. The summed E-state index contributed by atoms with van der Waals surface area (Å²) in [5.41, 5.74) is 10.9. The lowest BCUT2D eigenvalue weighted by Gasteiger charge is -2.57. The molecule has 4 N–H and O–H groups in total. The number of rotatable bonds is 2. The fourth-order valence-electron chi connectivity index (χ4n) is 5.07. The summed E-state index contributed by atoms with van der Waals surface area (Å²) in [6.07, 6.45) is 6.59. The maximum atomic E-state index is 11.5. The molecule has 4 saturated carbocycles. The van der Waals surface area contributed by atoms with Gasteiger partial charge in [0.25, 0.3) is 0 Å². The predicted molar refractivity (Wildman–Crippen MR) is 62.3 cm³/mol. The van der Waals surface area contributed by atoms with E-state index in [0.717, 1.165) is 11.8 Å². The van der Waals surface area contributed by atoms with E-state index in [4.69, 9.17) is 11.5 Å². The summed E-state index contributed by atoms with van der Waals surface area (Å²) in [6.45, 7) is 1.85. The van der Waals surface area contributed by atoms with Crippen LogP contribution in [0, 0.1) is 29.6 Å². The summed E-state index contributed by atoms with van der Waals surface area (Å²) in [7, 11) is 0. The molecule has 4 rings (SSSR count). The monoisotopic (exact) mass is 222 g/mol. The summed E-state index contributed by atoms with van der Waals surface area (Å²) >= 11 is 0. The quantitative estimate of drug-likeness (QED) is 0.738. The zero-order valence-corrected chi connectivity index (χ0v) is 9.99. The fraction of sp³-hybridized carbons (Fsp3) is 0.923. The zero-order chi connectivity index (χ0) is 11.5. The molecule has 1 unspecified atom stereocenters. The van der Waals surface area contributed by atoms with E-state index in [1.807, 2.05) is 6.92 Å². The van der Waals surface area contributed by atoms with Crippen molar-refractivity contribution in [2.75, 3.05) is 0 Å². The van der Waals surface area contributed by atoms with Crippen molar-refractivity contribution in [3.63, 3.8) is 0 Å². The summed E-state index contributed by atoms with van der Waals surface area (Å²) < 4.78 is 0. The second-order valence-corrected chi connectivity index (χ2v) is 6.60. The van der Waals surface area contributed by atoms with Crippen LogP contribution in [0.25, 0.3) is 0 Å². The number of hydrogen-bond donors (Lipinski definition) is 2. The molecule has 0 spiro atoms. The van der Waals surface area contributed by atoms with E-state index in [1.165, 1.54) is 32.1 Å². The van der Waals surface area contributed by atoms with Gasteiger partial charge >= 0.3 is 0 Å². The van der Waals surface area contributed by atoms with Crippen molar-refractivity contribution in [1.29, 1.82) is 0 Å². The van der Waals surface area contributed by atoms with Crippen LogP contribution in [0.15, 0.2) is 0 Å². The van der Waals surface area contributed by atoms with E-state index in [0.29, 0.717) is 17.8 Å². The average Bonchev–Trinajstić information content (AvgIpc) is 2.14. The number of nitrogens with two attached hydrogens (primary N) is 2. The first kappa shape index (κ1) is 10.6. The van der Waals surface area contributed by atoms with E-state index < -0.39 is 5.54 Å². The number of amides is 1. The molecule has 4 bridgehead atoms. The van der Waals surface area contributed by atoms with Gasteiger partial charge in [0.2, 0.25) is 5.91 Å². The Kier molecular flexibility index (Phi) is 2.13. The van der Waals surface area contributed by atoms with Crippen LogP contribution in [0.3, 0.4) is 0 Å². The summed E-state index contributed by atoms with van der Waals surface area (Å²) in [4.78, 5) is 11.5. The third kappa shape index (κ3) is 1.33. The minimum absolute atomic E-state index is 0.315.